The molecule has 1 aromatic rings. The Kier molecular flexibility index (Phi) is 5.63. The third-order valence-corrected chi connectivity index (χ3v) is 3.54. The number of carbonyl (C=O) groups is 1. The van der Waals surface area contributed by atoms with Crippen LogP contribution in [0.5, 0.6) is 0 Å². The van der Waals surface area contributed by atoms with E-state index in [1.54, 1.807) is 11.8 Å². The van der Waals surface area contributed by atoms with Crippen LogP contribution in [0.25, 0.3) is 0 Å². The molecule has 3 nitrogen and oxygen atoms in total. The fourth-order valence-electron chi connectivity index (χ4n) is 2.32. The maximum Gasteiger partial charge on any atom is 0.223 e. The molecule has 0 spiro atoms. The predicted octanol–water partition coefficient (Wildman–Crippen LogP) is 2.56. The standard InChI is InChI=1S/C14H20N2O.ClH/c1-11(17)16(2)14-5-3-4-13(10-14)12-6-8-15-9-7-12;/h3-5,10,12,15H,6-9H2,1-2H3;1H. The van der Waals surface area contributed by atoms with E-state index in [-0.39, 0.29) is 18.3 Å². The van der Waals surface area contributed by atoms with Crippen LogP contribution in [0.1, 0.15) is 31.2 Å². The number of anilines is 1. The molecular weight excluding hydrogens is 248 g/mol. The summed E-state index contributed by atoms with van der Waals surface area (Å²) in [5, 5.41) is 3.38. The third kappa shape index (κ3) is 3.47. The van der Waals surface area contributed by atoms with Crippen molar-refractivity contribution >= 4 is 24.0 Å². The Balaban J connectivity index is 0.00000162. The van der Waals surface area contributed by atoms with Crippen LogP contribution in [-0.2, 0) is 4.79 Å². The van der Waals surface area contributed by atoms with Crippen LogP contribution in [-0.4, -0.2) is 26.0 Å². The Labute approximate surface area is 115 Å². The summed E-state index contributed by atoms with van der Waals surface area (Å²) in [5.41, 5.74) is 2.35. The minimum Gasteiger partial charge on any atom is -0.317 e. The Bertz CT molecular complexity index is 403. The number of benzene rings is 1. The molecular formula is C14H21ClN2O. The van der Waals surface area contributed by atoms with Crippen LogP contribution < -0.4 is 10.2 Å². The predicted molar refractivity (Wildman–Crippen MR) is 77.6 cm³/mol. The van der Waals surface area contributed by atoms with E-state index in [9.17, 15) is 4.79 Å². The van der Waals surface area contributed by atoms with Crippen LogP contribution >= 0.6 is 12.4 Å². The molecule has 4 heteroatoms. The molecule has 0 radical (unpaired) electrons. The van der Waals surface area contributed by atoms with E-state index in [0.29, 0.717) is 5.92 Å². The minimum atomic E-state index is 0. The molecule has 0 unspecified atom stereocenters. The normalized spacial score (nSPS) is 15.9. The molecule has 1 aliphatic rings. The van der Waals surface area contributed by atoms with E-state index in [1.165, 1.54) is 18.4 Å². The lowest BCUT2D eigenvalue weighted by Crippen LogP contribution is -2.27. The molecule has 18 heavy (non-hydrogen) atoms. The van der Waals surface area contributed by atoms with E-state index in [2.05, 4.69) is 17.4 Å². The molecule has 1 fully saturated rings. The van der Waals surface area contributed by atoms with Crippen molar-refractivity contribution in [1.29, 1.82) is 0 Å². The van der Waals surface area contributed by atoms with Gasteiger partial charge in [0.2, 0.25) is 5.91 Å². The van der Waals surface area contributed by atoms with Crippen molar-refractivity contribution in [2.45, 2.75) is 25.7 Å². The Morgan fingerprint density at radius 1 is 1.33 bits per heavy atom. The summed E-state index contributed by atoms with van der Waals surface area (Å²) in [6.45, 7) is 3.78. The first-order valence-electron chi connectivity index (χ1n) is 6.23. The van der Waals surface area contributed by atoms with E-state index >= 15 is 0 Å². The summed E-state index contributed by atoms with van der Waals surface area (Å²) >= 11 is 0. The van der Waals surface area contributed by atoms with Crippen molar-refractivity contribution in [3.63, 3.8) is 0 Å². The van der Waals surface area contributed by atoms with Gasteiger partial charge in [0.1, 0.15) is 0 Å². The van der Waals surface area contributed by atoms with E-state index in [1.807, 2.05) is 19.2 Å². The third-order valence-electron chi connectivity index (χ3n) is 3.54. The molecule has 0 aromatic heterocycles. The van der Waals surface area contributed by atoms with E-state index in [4.69, 9.17) is 0 Å². The summed E-state index contributed by atoms with van der Waals surface area (Å²) in [6, 6.07) is 8.36. The molecule has 100 valence electrons. The molecule has 1 heterocycles. The number of nitrogens with zero attached hydrogens (tertiary/aromatic N) is 1. The van der Waals surface area contributed by atoms with Crippen LogP contribution in [0.2, 0.25) is 0 Å². The summed E-state index contributed by atoms with van der Waals surface area (Å²) in [5.74, 6) is 0.712. The second-order valence-corrected chi connectivity index (χ2v) is 4.70. The lowest BCUT2D eigenvalue weighted by Gasteiger charge is -2.24. The molecule has 0 atom stereocenters. The van der Waals surface area contributed by atoms with Gasteiger partial charge in [0.05, 0.1) is 0 Å². The molecule has 2 rings (SSSR count). The number of piperidine rings is 1. The van der Waals surface area contributed by atoms with Crippen molar-refractivity contribution in [2.24, 2.45) is 0 Å². The average Bonchev–Trinajstić information content (AvgIpc) is 2.39. The molecule has 1 aliphatic heterocycles. The van der Waals surface area contributed by atoms with Crippen LogP contribution in [0.15, 0.2) is 24.3 Å². The number of rotatable bonds is 2. The number of nitrogens with one attached hydrogen (secondary N) is 1. The van der Waals surface area contributed by atoms with Gasteiger partial charge in [-0.05, 0) is 49.5 Å². The first-order valence-corrected chi connectivity index (χ1v) is 6.23. The lowest BCUT2D eigenvalue weighted by molar-refractivity contribution is -0.116. The largest absolute Gasteiger partial charge is 0.317 e. The van der Waals surface area contributed by atoms with Crippen molar-refractivity contribution in [3.8, 4) is 0 Å². The van der Waals surface area contributed by atoms with Gasteiger partial charge < -0.3 is 10.2 Å². The zero-order chi connectivity index (χ0) is 12.3. The highest BCUT2D eigenvalue weighted by atomic mass is 35.5. The Hall–Kier alpha value is -1.06. The molecule has 0 bridgehead atoms. The molecule has 0 saturated carbocycles. The second kappa shape index (κ2) is 6.76. The topological polar surface area (TPSA) is 32.3 Å². The zero-order valence-electron chi connectivity index (χ0n) is 11.0. The second-order valence-electron chi connectivity index (χ2n) is 4.70. The molecule has 1 saturated heterocycles. The number of hydrogen-bond acceptors (Lipinski definition) is 2. The quantitative estimate of drug-likeness (QED) is 0.894. The van der Waals surface area contributed by atoms with Gasteiger partial charge in [-0.1, -0.05) is 12.1 Å². The van der Waals surface area contributed by atoms with Gasteiger partial charge in [-0.15, -0.1) is 12.4 Å². The number of amides is 1. The molecule has 1 aromatic carbocycles. The highest BCUT2D eigenvalue weighted by Crippen LogP contribution is 2.27. The van der Waals surface area contributed by atoms with Crippen LogP contribution in [0, 0.1) is 0 Å². The minimum absolute atomic E-state index is 0. The van der Waals surface area contributed by atoms with Gasteiger partial charge in [0.25, 0.3) is 0 Å². The fourth-order valence-corrected chi connectivity index (χ4v) is 2.32. The van der Waals surface area contributed by atoms with Gasteiger partial charge in [0, 0.05) is 19.7 Å². The smallest absolute Gasteiger partial charge is 0.223 e. The maximum absolute atomic E-state index is 11.3. The van der Waals surface area contributed by atoms with Gasteiger partial charge in [0.15, 0.2) is 0 Å². The molecule has 1 amide bonds. The highest BCUT2D eigenvalue weighted by Gasteiger charge is 2.16. The zero-order valence-corrected chi connectivity index (χ0v) is 11.8. The SMILES string of the molecule is CC(=O)N(C)c1cccc(C2CCNCC2)c1.Cl. The molecule has 0 aliphatic carbocycles. The van der Waals surface area contributed by atoms with Gasteiger partial charge in [-0.25, -0.2) is 0 Å². The fraction of sp³-hybridized carbons (Fsp3) is 0.500. The summed E-state index contributed by atoms with van der Waals surface area (Å²) in [4.78, 5) is 13.0. The van der Waals surface area contributed by atoms with Gasteiger partial charge in [-0.3, -0.25) is 4.79 Å². The lowest BCUT2D eigenvalue weighted by atomic mass is 9.90. The van der Waals surface area contributed by atoms with Crippen LogP contribution in [0.4, 0.5) is 5.69 Å². The van der Waals surface area contributed by atoms with Crippen molar-refractivity contribution in [3.05, 3.63) is 29.8 Å². The number of hydrogen-bond donors (Lipinski definition) is 1. The summed E-state index contributed by atoms with van der Waals surface area (Å²) in [6.07, 6.45) is 2.38. The van der Waals surface area contributed by atoms with E-state index < -0.39 is 0 Å². The first kappa shape index (κ1) is 15.0. The molecule has 1 N–H and O–H groups in total. The van der Waals surface area contributed by atoms with Crippen LogP contribution in [0.3, 0.4) is 0 Å². The Morgan fingerprint density at radius 3 is 2.61 bits per heavy atom. The maximum atomic E-state index is 11.3. The monoisotopic (exact) mass is 268 g/mol. The summed E-state index contributed by atoms with van der Waals surface area (Å²) in [7, 11) is 1.82. The highest BCUT2D eigenvalue weighted by molar-refractivity contribution is 5.90. The van der Waals surface area contributed by atoms with Gasteiger partial charge in [-0.2, -0.15) is 0 Å². The van der Waals surface area contributed by atoms with E-state index in [0.717, 1.165) is 18.8 Å². The number of halogens is 1. The van der Waals surface area contributed by atoms with Crippen molar-refractivity contribution in [2.75, 3.05) is 25.0 Å². The number of carbonyl (C=O) groups excluding carboxylic acids is 1. The Morgan fingerprint density at radius 2 is 2.00 bits per heavy atom. The van der Waals surface area contributed by atoms with Crippen molar-refractivity contribution < 1.29 is 4.79 Å². The first-order chi connectivity index (χ1) is 8.18. The van der Waals surface area contributed by atoms with Crippen molar-refractivity contribution in [1.82, 2.24) is 5.32 Å². The average molecular weight is 269 g/mol. The summed E-state index contributed by atoms with van der Waals surface area (Å²) < 4.78 is 0. The van der Waals surface area contributed by atoms with Gasteiger partial charge >= 0.3 is 0 Å².